The highest BCUT2D eigenvalue weighted by Gasteiger charge is 2.25. The number of amides is 1. The van der Waals surface area contributed by atoms with Gasteiger partial charge in [-0.25, -0.2) is 9.97 Å². The molecule has 0 aromatic carbocycles. The monoisotopic (exact) mass is 334 g/mol. The number of ether oxygens (including phenoxy) is 1. The molecular weight excluding hydrogens is 312 g/mol. The van der Waals surface area contributed by atoms with Crippen LogP contribution in [0.5, 0.6) is 0 Å². The van der Waals surface area contributed by atoms with Gasteiger partial charge >= 0.3 is 0 Å². The molecule has 1 fully saturated rings. The van der Waals surface area contributed by atoms with E-state index in [4.69, 9.17) is 4.74 Å². The molecule has 0 bridgehead atoms. The summed E-state index contributed by atoms with van der Waals surface area (Å²) >= 11 is 1.65. The molecule has 1 N–H and O–H groups in total. The van der Waals surface area contributed by atoms with Gasteiger partial charge in [0, 0.05) is 30.9 Å². The lowest BCUT2D eigenvalue weighted by molar-refractivity contribution is -0.142. The summed E-state index contributed by atoms with van der Waals surface area (Å²) < 4.78 is 5.67. The summed E-state index contributed by atoms with van der Waals surface area (Å²) in [5.41, 5.74) is 0. The van der Waals surface area contributed by atoms with Crippen LogP contribution in [-0.2, 0) is 9.53 Å². The zero-order chi connectivity index (χ0) is 16.4. The molecule has 2 aromatic heterocycles. The Bertz CT molecular complexity index is 692. The van der Waals surface area contributed by atoms with Crippen LogP contribution >= 0.6 is 11.3 Å². The molecule has 0 saturated carbocycles. The second-order valence-corrected chi connectivity index (χ2v) is 7.27. The van der Waals surface area contributed by atoms with Crippen molar-refractivity contribution in [1.82, 2.24) is 14.9 Å². The fourth-order valence-corrected chi connectivity index (χ4v) is 3.79. The topological polar surface area (TPSA) is 67.4 Å². The highest BCUT2D eigenvalue weighted by molar-refractivity contribution is 7.18. The van der Waals surface area contributed by atoms with Crippen LogP contribution in [0.1, 0.15) is 25.1 Å². The van der Waals surface area contributed by atoms with E-state index in [0.717, 1.165) is 16.0 Å². The Morgan fingerprint density at radius 2 is 2.13 bits per heavy atom. The summed E-state index contributed by atoms with van der Waals surface area (Å²) in [4.78, 5) is 25.0. The zero-order valence-electron chi connectivity index (χ0n) is 13.7. The Hall–Kier alpha value is -1.73. The van der Waals surface area contributed by atoms with Crippen LogP contribution in [0.15, 0.2) is 12.4 Å². The third-order valence-corrected chi connectivity index (χ3v) is 4.81. The largest absolute Gasteiger partial charge is 0.372 e. The van der Waals surface area contributed by atoms with Crippen LogP contribution in [0, 0.1) is 6.92 Å². The van der Waals surface area contributed by atoms with Gasteiger partial charge in [-0.05, 0) is 26.8 Å². The number of aryl methyl sites for hydroxylation is 1. The van der Waals surface area contributed by atoms with Gasteiger partial charge in [0.05, 0.1) is 17.6 Å². The third-order valence-electron chi connectivity index (χ3n) is 3.86. The number of aromatic nitrogens is 2. The van der Waals surface area contributed by atoms with E-state index in [2.05, 4.69) is 28.3 Å². The van der Waals surface area contributed by atoms with Crippen molar-refractivity contribution in [2.75, 3.05) is 25.0 Å². The van der Waals surface area contributed by atoms with Gasteiger partial charge in [0.2, 0.25) is 5.91 Å². The van der Waals surface area contributed by atoms with Gasteiger partial charge in [-0.15, -0.1) is 11.3 Å². The molecule has 0 radical (unpaired) electrons. The van der Waals surface area contributed by atoms with E-state index in [1.807, 2.05) is 18.7 Å². The summed E-state index contributed by atoms with van der Waals surface area (Å²) in [7, 11) is 0. The van der Waals surface area contributed by atoms with Crippen LogP contribution in [0.4, 0.5) is 5.82 Å². The van der Waals surface area contributed by atoms with Crippen molar-refractivity contribution in [3.05, 3.63) is 17.3 Å². The Morgan fingerprint density at radius 1 is 1.39 bits per heavy atom. The molecule has 6 nitrogen and oxygen atoms in total. The van der Waals surface area contributed by atoms with Crippen LogP contribution in [-0.4, -0.2) is 52.6 Å². The van der Waals surface area contributed by atoms with Crippen molar-refractivity contribution in [2.24, 2.45) is 0 Å². The standard InChI is InChI=1S/C16H22N4O2S/c1-10-7-20(8-11(2)22-10)14(21)4-5-17-15-13-6-12(3)23-16(13)19-9-18-15/h6,9-11H,4-5,7-8H2,1-3H3,(H,17,18,19)/t10-,11-/m1/s1. The molecule has 1 saturated heterocycles. The molecule has 1 amide bonds. The number of hydrogen-bond donors (Lipinski definition) is 1. The highest BCUT2D eigenvalue weighted by Crippen LogP contribution is 2.27. The predicted octanol–water partition coefficient (Wildman–Crippen LogP) is 2.44. The van der Waals surface area contributed by atoms with Crippen molar-refractivity contribution in [3.8, 4) is 0 Å². The first-order valence-electron chi connectivity index (χ1n) is 7.91. The van der Waals surface area contributed by atoms with Gasteiger partial charge in [-0.1, -0.05) is 0 Å². The van der Waals surface area contributed by atoms with Gasteiger partial charge in [0.1, 0.15) is 17.0 Å². The van der Waals surface area contributed by atoms with E-state index in [1.54, 1.807) is 17.7 Å². The molecule has 3 rings (SSSR count). The first-order valence-corrected chi connectivity index (χ1v) is 8.73. The van der Waals surface area contributed by atoms with E-state index >= 15 is 0 Å². The Labute approximate surface area is 139 Å². The van der Waals surface area contributed by atoms with E-state index in [0.29, 0.717) is 26.1 Å². The normalized spacial score (nSPS) is 21.6. The van der Waals surface area contributed by atoms with E-state index < -0.39 is 0 Å². The molecule has 124 valence electrons. The number of rotatable bonds is 4. The molecule has 3 heterocycles. The minimum Gasteiger partial charge on any atom is -0.372 e. The average molecular weight is 334 g/mol. The van der Waals surface area contributed by atoms with Gasteiger partial charge in [0.25, 0.3) is 0 Å². The lowest BCUT2D eigenvalue weighted by Gasteiger charge is -2.35. The average Bonchev–Trinajstić information content (AvgIpc) is 2.87. The minimum absolute atomic E-state index is 0.103. The molecule has 2 aromatic rings. The van der Waals surface area contributed by atoms with E-state index in [9.17, 15) is 4.79 Å². The summed E-state index contributed by atoms with van der Waals surface area (Å²) in [6, 6.07) is 2.08. The number of anilines is 1. The van der Waals surface area contributed by atoms with Gasteiger partial charge in [-0.2, -0.15) is 0 Å². The lowest BCUT2D eigenvalue weighted by Crippen LogP contribution is -2.48. The van der Waals surface area contributed by atoms with Crippen LogP contribution < -0.4 is 5.32 Å². The van der Waals surface area contributed by atoms with Gasteiger partial charge in [0.15, 0.2) is 0 Å². The Balaban J connectivity index is 1.57. The predicted molar refractivity (Wildman–Crippen MR) is 91.8 cm³/mol. The number of nitrogens with one attached hydrogen (secondary N) is 1. The maximum absolute atomic E-state index is 12.3. The maximum atomic E-state index is 12.3. The van der Waals surface area contributed by atoms with Crippen molar-refractivity contribution in [2.45, 2.75) is 39.4 Å². The van der Waals surface area contributed by atoms with Crippen LogP contribution in [0.25, 0.3) is 10.2 Å². The highest BCUT2D eigenvalue weighted by atomic mass is 32.1. The molecule has 1 aliphatic rings. The first kappa shape index (κ1) is 16.1. The second-order valence-electron chi connectivity index (χ2n) is 6.03. The number of carbonyl (C=O) groups excluding carboxylic acids is 1. The molecule has 0 aliphatic carbocycles. The van der Waals surface area contributed by atoms with Gasteiger partial charge < -0.3 is 15.0 Å². The first-order chi connectivity index (χ1) is 11.0. The zero-order valence-corrected chi connectivity index (χ0v) is 14.5. The lowest BCUT2D eigenvalue weighted by atomic mass is 10.2. The summed E-state index contributed by atoms with van der Waals surface area (Å²) in [6.07, 6.45) is 2.22. The van der Waals surface area contributed by atoms with Gasteiger partial charge in [-0.3, -0.25) is 4.79 Å². The number of fused-ring (bicyclic) bond motifs is 1. The van der Waals surface area contributed by atoms with Crippen molar-refractivity contribution < 1.29 is 9.53 Å². The van der Waals surface area contributed by atoms with Crippen LogP contribution in [0.3, 0.4) is 0 Å². The molecule has 7 heteroatoms. The third kappa shape index (κ3) is 3.79. The Kier molecular flexibility index (Phi) is 4.77. The number of morpholine rings is 1. The number of thiophene rings is 1. The maximum Gasteiger partial charge on any atom is 0.224 e. The summed E-state index contributed by atoms with van der Waals surface area (Å²) in [5.74, 6) is 0.960. The minimum atomic E-state index is 0.103. The fraction of sp³-hybridized carbons (Fsp3) is 0.562. The molecular formula is C16H22N4O2S. The smallest absolute Gasteiger partial charge is 0.224 e. The van der Waals surface area contributed by atoms with Crippen molar-refractivity contribution >= 4 is 33.3 Å². The fourth-order valence-electron chi connectivity index (χ4n) is 2.94. The number of carbonyl (C=O) groups is 1. The molecule has 0 spiro atoms. The molecule has 0 unspecified atom stereocenters. The van der Waals surface area contributed by atoms with Crippen LogP contribution in [0.2, 0.25) is 0 Å². The second kappa shape index (κ2) is 6.80. The quantitative estimate of drug-likeness (QED) is 0.930. The Morgan fingerprint density at radius 3 is 2.87 bits per heavy atom. The van der Waals surface area contributed by atoms with Crippen molar-refractivity contribution in [3.63, 3.8) is 0 Å². The van der Waals surface area contributed by atoms with E-state index in [-0.39, 0.29) is 18.1 Å². The molecule has 2 atom stereocenters. The summed E-state index contributed by atoms with van der Waals surface area (Å²) in [5, 5.41) is 4.29. The summed E-state index contributed by atoms with van der Waals surface area (Å²) in [6.45, 7) is 7.98. The van der Waals surface area contributed by atoms with Crippen molar-refractivity contribution in [1.29, 1.82) is 0 Å². The number of hydrogen-bond acceptors (Lipinski definition) is 6. The SMILES string of the molecule is Cc1cc2c(NCCC(=O)N3C[C@@H](C)O[C@H](C)C3)ncnc2s1. The van der Waals surface area contributed by atoms with E-state index in [1.165, 1.54) is 4.88 Å². The number of nitrogens with zero attached hydrogens (tertiary/aromatic N) is 3. The molecule has 23 heavy (non-hydrogen) atoms. The molecule has 1 aliphatic heterocycles.